The van der Waals surface area contributed by atoms with Crippen LogP contribution in [0.2, 0.25) is 0 Å². The van der Waals surface area contributed by atoms with E-state index in [2.05, 4.69) is 21.2 Å². The lowest BCUT2D eigenvalue weighted by Gasteiger charge is -2.39. The van der Waals surface area contributed by atoms with Crippen molar-refractivity contribution in [2.45, 2.75) is 46.5 Å². The second kappa shape index (κ2) is 7.03. The fourth-order valence-electron chi connectivity index (χ4n) is 3.78. The van der Waals surface area contributed by atoms with Crippen molar-refractivity contribution in [1.29, 1.82) is 0 Å². The van der Waals surface area contributed by atoms with Crippen LogP contribution in [0.3, 0.4) is 0 Å². The Labute approximate surface area is 162 Å². The number of halogens is 1. The summed E-state index contributed by atoms with van der Waals surface area (Å²) in [5, 5.41) is 3.32. The van der Waals surface area contributed by atoms with Crippen molar-refractivity contribution in [1.82, 2.24) is 5.32 Å². The third-order valence-corrected chi connectivity index (χ3v) is 5.94. The number of ether oxygens (including phenoxy) is 1. The molecule has 0 radical (unpaired) electrons. The maximum absolute atomic E-state index is 13.3. The molecule has 26 heavy (non-hydrogen) atoms. The van der Waals surface area contributed by atoms with Gasteiger partial charge in [-0.2, -0.15) is 0 Å². The number of carbonyl (C=O) groups excluding carboxylic acids is 2. The predicted molar refractivity (Wildman–Crippen MR) is 104 cm³/mol. The van der Waals surface area contributed by atoms with E-state index in [-0.39, 0.29) is 11.8 Å². The zero-order chi connectivity index (χ0) is 19.1. The Morgan fingerprint density at radius 2 is 2.04 bits per heavy atom. The number of Topliss-reactive ketones (excluding diaryl/α,β-unsaturated/α-hetero) is 1. The van der Waals surface area contributed by atoms with E-state index in [9.17, 15) is 9.59 Å². The molecule has 3 rings (SSSR count). The Bertz CT molecular complexity index is 835. The summed E-state index contributed by atoms with van der Waals surface area (Å²) in [4.78, 5) is 26.1. The summed E-state index contributed by atoms with van der Waals surface area (Å²) >= 11 is 3.60. The molecule has 0 fully saturated rings. The summed E-state index contributed by atoms with van der Waals surface area (Å²) < 4.78 is 6.20. The van der Waals surface area contributed by atoms with Crippen LogP contribution in [-0.4, -0.2) is 18.4 Å². The van der Waals surface area contributed by atoms with Gasteiger partial charge >= 0.3 is 5.97 Å². The van der Waals surface area contributed by atoms with Crippen molar-refractivity contribution in [3.8, 4) is 0 Å². The highest BCUT2D eigenvalue weighted by Crippen LogP contribution is 2.48. The van der Waals surface area contributed by atoms with Crippen LogP contribution in [0.1, 0.15) is 52.0 Å². The minimum absolute atomic E-state index is 0.0984. The Morgan fingerprint density at radius 1 is 1.35 bits per heavy atom. The second-order valence-corrected chi connectivity index (χ2v) is 8.30. The smallest absolute Gasteiger partial charge is 0.336 e. The van der Waals surface area contributed by atoms with E-state index in [4.69, 9.17) is 4.74 Å². The number of dihydropyridines is 1. The number of carbonyl (C=O) groups is 2. The van der Waals surface area contributed by atoms with Gasteiger partial charge in [-0.25, -0.2) is 4.79 Å². The Morgan fingerprint density at radius 3 is 2.69 bits per heavy atom. The molecule has 0 aromatic heterocycles. The third kappa shape index (κ3) is 3.13. The van der Waals surface area contributed by atoms with Gasteiger partial charge in [-0.05, 0) is 38.3 Å². The van der Waals surface area contributed by atoms with Crippen molar-refractivity contribution in [3.63, 3.8) is 0 Å². The van der Waals surface area contributed by atoms with Gasteiger partial charge < -0.3 is 10.1 Å². The van der Waals surface area contributed by atoms with Crippen LogP contribution in [0.5, 0.6) is 0 Å². The van der Waals surface area contributed by atoms with Crippen LogP contribution < -0.4 is 5.32 Å². The lowest BCUT2D eigenvalue weighted by atomic mass is 9.67. The number of nitrogens with one attached hydrogen (secondary N) is 1. The minimum Gasteiger partial charge on any atom is -0.463 e. The average Bonchev–Trinajstić information content (AvgIpc) is 2.58. The number of esters is 1. The molecule has 1 heterocycles. The van der Waals surface area contributed by atoms with Crippen LogP contribution in [-0.2, 0) is 14.3 Å². The molecular formula is C21H24BrNO3. The van der Waals surface area contributed by atoms with Gasteiger partial charge in [0.05, 0.1) is 12.2 Å². The van der Waals surface area contributed by atoms with E-state index in [0.29, 0.717) is 17.8 Å². The lowest BCUT2D eigenvalue weighted by Crippen LogP contribution is -2.40. The van der Waals surface area contributed by atoms with Crippen molar-refractivity contribution in [3.05, 3.63) is 56.8 Å². The fourth-order valence-corrected chi connectivity index (χ4v) is 4.29. The second-order valence-electron chi connectivity index (χ2n) is 7.44. The standard InChI is InChI=1S/C21H24BrNO3/c1-5-26-20(25)16-12(2)23-15-10-11-21(3,4)19(24)18(15)17(16)13-8-6-7-9-14(13)22/h6-9,17,23H,5,10-11H2,1-4H3. The largest absolute Gasteiger partial charge is 0.463 e. The maximum atomic E-state index is 13.3. The van der Waals surface area contributed by atoms with Gasteiger partial charge in [0.15, 0.2) is 5.78 Å². The number of allylic oxidation sites excluding steroid dienone is 3. The van der Waals surface area contributed by atoms with E-state index in [1.165, 1.54) is 0 Å². The highest BCUT2D eigenvalue weighted by atomic mass is 79.9. The topological polar surface area (TPSA) is 55.4 Å². The average molecular weight is 418 g/mol. The van der Waals surface area contributed by atoms with Crippen molar-refractivity contribution < 1.29 is 14.3 Å². The summed E-state index contributed by atoms with van der Waals surface area (Å²) in [6, 6.07) is 7.76. The first kappa shape index (κ1) is 18.9. The van der Waals surface area contributed by atoms with Crippen LogP contribution in [0.4, 0.5) is 0 Å². The molecule has 1 aromatic rings. The zero-order valence-corrected chi connectivity index (χ0v) is 17.2. The summed E-state index contributed by atoms with van der Waals surface area (Å²) in [6.07, 6.45) is 1.59. The first-order valence-electron chi connectivity index (χ1n) is 8.95. The van der Waals surface area contributed by atoms with Crippen molar-refractivity contribution in [2.75, 3.05) is 6.61 Å². The predicted octanol–water partition coefficient (Wildman–Crippen LogP) is 4.62. The monoisotopic (exact) mass is 417 g/mol. The molecule has 1 aliphatic carbocycles. The van der Waals surface area contributed by atoms with E-state index >= 15 is 0 Å². The molecule has 1 atom stereocenters. The molecule has 0 bridgehead atoms. The first-order valence-corrected chi connectivity index (χ1v) is 9.74. The van der Waals surface area contributed by atoms with Gasteiger partial charge in [0, 0.05) is 32.8 Å². The molecule has 1 aliphatic heterocycles. The van der Waals surface area contributed by atoms with Gasteiger partial charge in [-0.3, -0.25) is 4.79 Å². The van der Waals surface area contributed by atoms with Crippen LogP contribution in [0.25, 0.3) is 0 Å². The molecule has 0 saturated heterocycles. The van der Waals surface area contributed by atoms with Crippen LogP contribution in [0.15, 0.2) is 51.3 Å². The molecule has 2 aliphatic rings. The summed E-state index contributed by atoms with van der Waals surface area (Å²) in [6.45, 7) is 7.92. The van der Waals surface area contributed by atoms with Gasteiger partial charge in [0.1, 0.15) is 0 Å². The van der Waals surface area contributed by atoms with E-state index < -0.39 is 11.3 Å². The molecule has 138 valence electrons. The molecule has 1 N–H and O–H groups in total. The van der Waals surface area contributed by atoms with Crippen molar-refractivity contribution >= 4 is 27.7 Å². The molecule has 0 amide bonds. The Hall–Kier alpha value is -1.88. The molecule has 0 saturated carbocycles. The highest BCUT2D eigenvalue weighted by molar-refractivity contribution is 9.10. The lowest BCUT2D eigenvalue weighted by molar-refractivity contribution is -0.138. The Kier molecular flexibility index (Phi) is 5.11. The van der Waals surface area contributed by atoms with E-state index in [1.807, 2.05) is 45.0 Å². The third-order valence-electron chi connectivity index (χ3n) is 5.22. The SMILES string of the molecule is CCOC(=O)C1=C(C)NC2=C(C(=O)C(C)(C)CC2)C1c1ccccc1Br. The molecule has 4 nitrogen and oxygen atoms in total. The highest BCUT2D eigenvalue weighted by Gasteiger charge is 2.45. The molecule has 1 aromatic carbocycles. The number of hydrogen-bond donors (Lipinski definition) is 1. The van der Waals surface area contributed by atoms with Gasteiger partial charge in [0.2, 0.25) is 0 Å². The molecule has 1 unspecified atom stereocenters. The van der Waals surface area contributed by atoms with E-state index in [1.54, 1.807) is 6.92 Å². The molecular weight excluding hydrogens is 394 g/mol. The van der Waals surface area contributed by atoms with Gasteiger partial charge in [0.25, 0.3) is 0 Å². The number of hydrogen-bond acceptors (Lipinski definition) is 4. The normalized spacial score (nSPS) is 22.0. The number of benzene rings is 1. The van der Waals surface area contributed by atoms with Crippen LogP contribution in [0, 0.1) is 5.41 Å². The maximum Gasteiger partial charge on any atom is 0.336 e. The van der Waals surface area contributed by atoms with Gasteiger partial charge in [-0.15, -0.1) is 0 Å². The number of rotatable bonds is 3. The molecule has 0 spiro atoms. The number of ketones is 1. The summed E-state index contributed by atoms with van der Waals surface area (Å²) in [7, 11) is 0. The first-order chi connectivity index (χ1) is 12.3. The zero-order valence-electron chi connectivity index (χ0n) is 15.6. The quantitative estimate of drug-likeness (QED) is 0.729. The molecule has 5 heteroatoms. The van der Waals surface area contributed by atoms with E-state index in [0.717, 1.165) is 34.3 Å². The Balaban J connectivity index is 2.23. The minimum atomic E-state index is -0.439. The fraction of sp³-hybridized carbons (Fsp3) is 0.429. The van der Waals surface area contributed by atoms with Gasteiger partial charge in [-0.1, -0.05) is 48.0 Å². The summed E-state index contributed by atoms with van der Waals surface area (Å²) in [5.41, 5.74) is 3.38. The van der Waals surface area contributed by atoms with Crippen molar-refractivity contribution in [2.24, 2.45) is 5.41 Å². The summed E-state index contributed by atoms with van der Waals surface area (Å²) in [5.74, 6) is -0.699. The van der Waals surface area contributed by atoms with Crippen LogP contribution >= 0.6 is 15.9 Å².